The van der Waals surface area contributed by atoms with E-state index in [0.29, 0.717) is 12.0 Å². The molecule has 1 aliphatic rings. The predicted octanol–water partition coefficient (Wildman–Crippen LogP) is 1.77. The lowest BCUT2D eigenvalue weighted by Crippen LogP contribution is -2.38. The standard InChI is InChI=1S/C8H17N/c1-6(2)8(9)7-4-3-5-7/h6-8H,3-5,9H2,1-2H3/t8-/m0/s1. The van der Waals surface area contributed by atoms with Crippen LogP contribution in [0, 0.1) is 11.8 Å². The SMILES string of the molecule is CC(C)[C@H](N)C1CCC1. The lowest BCUT2D eigenvalue weighted by Gasteiger charge is -2.33. The van der Waals surface area contributed by atoms with Gasteiger partial charge in [-0.15, -0.1) is 0 Å². The van der Waals surface area contributed by atoms with Gasteiger partial charge in [0.15, 0.2) is 0 Å². The molecule has 0 bridgehead atoms. The largest absolute Gasteiger partial charge is 0.327 e. The molecule has 0 aromatic carbocycles. The van der Waals surface area contributed by atoms with E-state index in [-0.39, 0.29) is 0 Å². The van der Waals surface area contributed by atoms with E-state index in [0.717, 1.165) is 5.92 Å². The zero-order chi connectivity index (χ0) is 6.85. The minimum absolute atomic E-state index is 0.471. The fraction of sp³-hybridized carbons (Fsp3) is 1.00. The first-order chi connectivity index (χ1) is 4.22. The summed E-state index contributed by atoms with van der Waals surface area (Å²) in [5.74, 6) is 1.53. The first kappa shape index (κ1) is 7.07. The topological polar surface area (TPSA) is 26.0 Å². The molecule has 0 aliphatic heterocycles. The average Bonchev–Trinajstić information content (AvgIpc) is 1.60. The van der Waals surface area contributed by atoms with Gasteiger partial charge in [-0.25, -0.2) is 0 Å². The van der Waals surface area contributed by atoms with Crippen LogP contribution in [0.1, 0.15) is 33.1 Å². The van der Waals surface area contributed by atoms with Crippen LogP contribution in [0.15, 0.2) is 0 Å². The van der Waals surface area contributed by atoms with Gasteiger partial charge in [0, 0.05) is 6.04 Å². The van der Waals surface area contributed by atoms with E-state index in [1.807, 2.05) is 0 Å². The van der Waals surface area contributed by atoms with Gasteiger partial charge in [0.1, 0.15) is 0 Å². The molecule has 0 heterocycles. The zero-order valence-electron chi connectivity index (χ0n) is 6.43. The van der Waals surface area contributed by atoms with Crippen molar-refractivity contribution in [2.45, 2.75) is 39.2 Å². The zero-order valence-corrected chi connectivity index (χ0v) is 6.43. The molecule has 0 saturated heterocycles. The van der Waals surface area contributed by atoms with Gasteiger partial charge in [0.2, 0.25) is 0 Å². The number of rotatable bonds is 2. The van der Waals surface area contributed by atoms with Gasteiger partial charge < -0.3 is 5.73 Å². The summed E-state index contributed by atoms with van der Waals surface area (Å²) in [5.41, 5.74) is 5.92. The fourth-order valence-corrected chi connectivity index (χ4v) is 1.37. The van der Waals surface area contributed by atoms with Gasteiger partial charge in [-0.3, -0.25) is 0 Å². The second-order valence-corrected chi connectivity index (χ2v) is 3.51. The van der Waals surface area contributed by atoms with Crippen molar-refractivity contribution >= 4 is 0 Å². The van der Waals surface area contributed by atoms with E-state index >= 15 is 0 Å². The van der Waals surface area contributed by atoms with Gasteiger partial charge in [-0.1, -0.05) is 20.3 Å². The third kappa shape index (κ3) is 1.45. The lowest BCUT2D eigenvalue weighted by atomic mass is 9.76. The average molecular weight is 127 g/mol. The molecule has 0 amide bonds. The molecule has 1 nitrogen and oxygen atoms in total. The Labute approximate surface area is 57.6 Å². The van der Waals surface area contributed by atoms with Gasteiger partial charge in [-0.2, -0.15) is 0 Å². The molecule has 0 aromatic rings. The Bertz CT molecular complexity index is 84.6. The van der Waals surface area contributed by atoms with E-state index in [9.17, 15) is 0 Å². The molecule has 1 aliphatic carbocycles. The van der Waals surface area contributed by atoms with Crippen molar-refractivity contribution in [1.82, 2.24) is 0 Å². The highest BCUT2D eigenvalue weighted by Gasteiger charge is 2.25. The molecule has 0 radical (unpaired) electrons. The van der Waals surface area contributed by atoms with Gasteiger partial charge >= 0.3 is 0 Å². The number of hydrogen-bond acceptors (Lipinski definition) is 1. The van der Waals surface area contributed by atoms with Crippen LogP contribution in [-0.2, 0) is 0 Å². The van der Waals surface area contributed by atoms with E-state index in [1.54, 1.807) is 0 Å². The van der Waals surface area contributed by atoms with Gasteiger partial charge in [0.05, 0.1) is 0 Å². The van der Waals surface area contributed by atoms with Crippen LogP contribution in [0.25, 0.3) is 0 Å². The molecule has 1 heteroatoms. The van der Waals surface area contributed by atoms with Crippen molar-refractivity contribution < 1.29 is 0 Å². The maximum atomic E-state index is 5.92. The highest BCUT2D eigenvalue weighted by molar-refractivity contribution is 4.81. The first-order valence-electron chi connectivity index (χ1n) is 3.97. The molecule has 1 fully saturated rings. The Morgan fingerprint density at radius 2 is 1.89 bits per heavy atom. The van der Waals surface area contributed by atoms with Crippen LogP contribution in [0.5, 0.6) is 0 Å². The molecule has 1 atom stereocenters. The molecule has 0 aromatic heterocycles. The van der Waals surface area contributed by atoms with Crippen molar-refractivity contribution in [3.63, 3.8) is 0 Å². The smallest absolute Gasteiger partial charge is 0.00903 e. The molecule has 1 rings (SSSR count). The molecule has 1 saturated carbocycles. The van der Waals surface area contributed by atoms with Crippen molar-refractivity contribution in [1.29, 1.82) is 0 Å². The van der Waals surface area contributed by atoms with E-state index in [1.165, 1.54) is 19.3 Å². The molecule has 0 unspecified atom stereocenters. The second-order valence-electron chi connectivity index (χ2n) is 3.51. The summed E-state index contributed by atoms with van der Waals surface area (Å²) in [7, 11) is 0. The van der Waals surface area contributed by atoms with Crippen LogP contribution in [0.2, 0.25) is 0 Å². The monoisotopic (exact) mass is 127 g/mol. The van der Waals surface area contributed by atoms with Crippen molar-refractivity contribution in [2.75, 3.05) is 0 Å². The Hall–Kier alpha value is -0.0400. The van der Waals surface area contributed by atoms with Crippen LogP contribution in [0.3, 0.4) is 0 Å². The van der Waals surface area contributed by atoms with Crippen LogP contribution >= 0.6 is 0 Å². The van der Waals surface area contributed by atoms with Crippen molar-refractivity contribution in [3.8, 4) is 0 Å². The second kappa shape index (κ2) is 2.70. The molecule has 54 valence electrons. The van der Waals surface area contributed by atoms with Crippen molar-refractivity contribution in [3.05, 3.63) is 0 Å². The highest BCUT2D eigenvalue weighted by Crippen LogP contribution is 2.31. The Morgan fingerprint density at radius 1 is 1.33 bits per heavy atom. The minimum Gasteiger partial charge on any atom is -0.327 e. The summed E-state index contributed by atoms with van der Waals surface area (Å²) >= 11 is 0. The minimum atomic E-state index is 0.471. The number of hydrogen-bond donors (Lipinski definition) is 1. The molecule has 9 heavy (non-hydrogen) atoms. The number of nitrogens with two attached hydrogens (primary N) is 1. The third-order valence-corrected chi connectivity index (χ3v) is 2.46. The summed E-state index contributed by atoms with van der Waals surface area (Å²) in [6, 6.07) is 0.471. The van der Waals surface area contributed by atoms with Gasteiger partial charge in [-0.05, 0) is 24.7 Å². The summed E-state index contributed by atoms with van der Waals surface area (Å²) in [4.78, 5) is 0. The third-order valence-electron chi connectivity index (χ3n) is 2.46. The summed E-state index contributed by atoms with van der Waals surface area (Å²) in [5, 5.41) is 0. The maximum Gasteiger partial charge on any atom is 0.00903 e. The Kier molecular flexibility index (Phi) is 2.12. The predicted molar refractivity (Wildman–Crippen MR) is 40.2 cm³/mol. The van der Waals surface area contributed by atoms with Crippen LogP contribution < -0.4 is 5.73 Å². The Morgan fingerprint density at radius 3 is 2.00 bits per heavy atom. The summed E-state index contributed by atoms with van der Waals surface area (Å²) < 4.78 is 0. The first-order valence-corrected chi connectivity index (χ1v) is 3.97. The van der Waals surface area contributed by atoms with E-state index in [4.69, 9.17) is 5.73 Å². The van der Waals surface area contributed by atoms with E-state index < -0.39 is 0 Å². The highest BCUT2D eigenvalue weighted by atomic mass is 14.7. The van der Waals surface area contributed by atoms with Crippen molar-refractivity contribution in [2.24, 2.45) is 17.6 Å². The quantitative estimate of drug-likeness (QED) is 0.601. The van der Waals surface area contributed by atoms with Gasteiger partial charge in [0.25, 0.3) is 0 Å². The molecule has 0 spiro atoms. The van der Waals surface area contributed by atoms with E-state index in [2.05, 4.69) is 13.8 Å². The summed E-state index contributed by atoms with van der Waals surface area (Å²) in [6.07, 6.45) is 4.16. The molecular weight excluding hydrogens is 110 g/mol. The summed E-state index contributed by atoms with van der Waals surface area (Å²) in [6.45, 7) is 4.42. The van der Waals surface area contributed by atoms with Crippen LogP contribution in [0.4, 0.5) is 0 Å². The fourth-order valence-electron chi connectivity index (χ4n) is 1.37. The molecule has 2 N–H and O–H groups in total. The molecular formula is C8H17N. The maximum absolute atomic E-state index is 5.92. The Balaban J connectivity index is 2.23. The normalized spacial score (nSPS) is 24.0. The lowest BCUT2D eigenvalue weighted by molar-refractivity contribution is 0.223. The van der Waals surface area contributed by atoms with Crippen LogP contribution in [-0.4, -0.2) is 6.04 Å².